The lowest BCUT2D eigenvalue weighted by molar-refractivity contribution is 0.229. The summed E-state index contributed by atoms with van der Waals surface area (Å²) in [5, 5.41) is 4.01. The van der Waals surface area contributed by atoms with E-state index in [0.29, 0.717) is 29.9 Å². The van der Waals surface area contributed by atoms with Gasteiger partial charge in [0.15, 0.2) is 0 Å². The molecule has 4 rings (SSSR count). The zero-order chi connectivity index (χ0) is 18.6. The summed E-state index contributed by atoms with van der Waals surface area (Å²) in [4.78, 5) is 10.8. The zero-order valence-electron chi connectivity index (χ0n) is 15.0. The number of benzene rings is 1. The average molecular weight is 368 g/mol. The number of pyridine rings is 1. The summed E-state index contributed by atoms with van der Waals surface area (Å²) in [5.41, 5.74) is 8.23. The lowest BCUT2D eigenvalue weighted by Gasteiger charge is -2.23. The largest absolute Gasteiger partial charge is 0.337 e. The highest BCUT2D eigenvalue weighted by Crippen LogP contribution is 2.26. The molecule has 2 unspecified atom stereocenters. The van der Waals surface area contributed by atoms with Crippen LogP contribution in [-0.4, -0.2) is 40.2 Å². The molecule has 3 heterocycles. The number of nitrogens with zero attached hydrogens (tertiary/aromatic N) is 4. The van der Waals surface area contributed by atoms with Crippen LogP contribution in [0.15, 0.2) is 53.2 Å². The number of hydrogen-bond donors (Lipinski definition) is 2. The van der Waals surface area contributed by atoms with Gasteiger partial charge in [-0.3, -0.25) is 15.3 Å². The maximum absolute atomic E-state index is 13.2. The highest BCUT2D eigenvalue weighted by atomic mass is 19.1. The highest BCUT2D eigenvalue weighted by molar-refractivity contribution is 5.46. The molecule has 7 nitrogen and oxygen atoms in total. The molecule has 0 amide bonds. The SMILES string of the molecule is CN(Cc1nc(-c2ccccn2)no1)CC1CNNC1c1ccc(F)cc1. The van der Waals surface area contributed by atoms with E-state index in [9.17, 15) is 4.39 Å². The van der Waals surface area contributed by atoms with Gasteiger partial charge in [0.1, 0.15) is 11.5 Å². The van der Waals surface area contributed by atoms with Crippen molar-refractivity contribution in [3.8, 4) is 11.5 Å². The zero-order valence-corrected chi connectivity index (χ0v) is 15.0. The van der Waals surface area contributed by atoms with Gasteiger partial charge < -0.3 is 4.52 Å². The first-order valence-corrected chi connectivity index (χ1v) is 8.85. The van der Waals surface area contributed by atoms with Crippen LogP contribution in [0.3, 0.4) is 0 Å². The van der Waals surface area contributed by atoms with E-state index in [4.69, 9.17) is 4.52 Å². The fourth-order valence-corrected chi connectivity index (χ4v) is 3.35. The molecule has 1 saturated heterocycles. The van der Waals surface area contributed by atoms with Crippen LogP contribution in [0.1, 0.15) is 17.5 Å². The Balaban J connectivity index is 1.38. The predicted octanol–water partition coefficient (Wildman–Crippen LogP) is 2.17. The Bertz CT molecular complexity index is 869. The maximum atomic E-state index is 13.2. The van der Waals surface area contributed by atoms with E-state index in [-0.39, 0.29) is 11.9 Å². The van der Waals surface area contributed by atoms with Crippen LogP contribution in [0.25, 0.3) is 11.5 Å². The van der Waals surface area contributed by atoms with E-state index in [2.05, 4.69) is 30.9 Å². The molecule has 2 N–H and O–H groups in total. The number of nitrogens with one attached hydrogen (secondary N) is 2. The molecule has 1 aromatic carbocycles. The lowest BCUT2D eigenvalue weighted by Crippen LogP contribution is -2.30. The quantitative estimate of drug-likeness (QED) is 0.690. The van der Waals surface area contributed by atoms with Crippen LogP contribution in [0.4, 0.5) is 4.39 Å². The molecule has 2 atom stereocenters. The molecule has 140 valence electrons. The number of rotatable bonds is 6. The second-order valence-electron chi connectivity index (χ2n) is 6.74. The molecule has 1 aliphatic heterocycles. The van der Waals surface area contributed by atoms with Crippen molar-refractivity contribution in [2.24, 2.45) is 5.92 Å². The van der Waals surface area contributed by atoms with Crippen LogP contribution in [0, 0.1) is 11.7 Å². The molecule has 0 saturated carbocycles. The maximum Gasteiger partial charge on any atom is 0.241 e. The van der Waals surface area contributed by atoms with Crippen molar-refractivity contribution >= 4 is 0 Å². The van der Waals surface area contributed by atoms with Crippen LogP contribution in [0.2, 0.25) is 0 Å². The number of hydrazine groups is 1. The van der Waals surface area contributed by atoms with Gasteiger partial charge in [0.2, 0.25) is 11.7 Å². The summed E-state index contributed by atoms with van der Waals surface area (Å²) >= 11 is 0. The van der Waals surface area contributed by atoms with Crippen molar-refractivity contribution in [1.82, 2.24) is 30.9 Å². The van der Waals surface area contributed by atoms with Crippen LogP contribution in [-0.2, 0) is 6.54 Å². The van der Waals surface area contributed by atoms with Gasteiger partial charge in [-0.15, -0.1) is 0 Å². The monoisotopic (exact) mass is 368 g/mol. The van der Waals surface area contributed by atoms with Gasteiger partial charge in [-0.25, -0.2) is 9.82 Å². The Morgan fingerprint density at radius 1 is 1.22 bits per heavy atom. The molecule has 3 aromatic rings. The third-order valence-electron chi connectivity index (χ3n) is 4.64. The summed E-state index contributed by atoms with van der Waals surface area (Å²) in [6, 6.07) is 12.3. The van der Waals surface area contributed by atoms with E-state index >= 15 is 0 Å². The van der Waals surface area contributed by atoms with Gasteiger partial charge in [-0.1, -0.05) is 23.4 Å². The highest BCUT2D eigenvalue weighted by Gasteiger charge is 2.29. The first-order chi connectivity index (χ1) is 13.2. The minimum atomic E-state index is -0.224. The molecule has 0 spiro atoms. The molecule has 1 aliphatic rings. The van der Waals surface area contributed by atoms with Crippen LogP contribution in [0.5, 0.6) is 0 Å². The fourth-order valence-electron chi connectivity index (χ4n) is 3.35. The minimum absolute atomic E-state index is 0.125. The Kier molecular flexibility index (Phi) is 5.19. The molecular weight excluding hydrogens is 347 g/mol. The predicted molar refractivity (Wildman–Crippen MR) is 97.6 cm³/mol. The van der Waals surface area contributed by atoms with Crippen molar-refractivity contribution in [1.29, 1.82) is 0 Å². The Labute approximate surface area is 156 Å². The summed E-state index contributed by atoms with van der Waals surface area (Å²) in [5.74, 6) is 1.15. The summed E-state index contributed by atoms with van der Waals surface area (Å²) in [6.07, 6.45) is 1.70. The van der Waals surface area contributed by atoms with Crippen molar-refractivity contribution in [3.63, 3.8) is 0 Å². The van der Waals surface area contributed by atoms with Gasteiger partial charge in [0.25, 0.3) is 0 Å². The standard InChI is InChI=1S/C19H21FN6O/c1-26(12-17-23-19(25-27-17)16-4-2-3-9-21-16)11-14-10-22-24-18(14)13-5-7-15(20)8-6-13/h2-9,14,18,22,24H,10-12H2,1H3. The number of hydrogen-bond acceptors (Lipinski definition) is 7. The molecule has 0 aliphatic carbocycles. The van der Waals surface area contributed by atoms with Crippen LogP contribution >= 0.6 is 0 Å². The Morgan fingerprint density at radius 2 is 2.07 bits per heavy atom. The first-order valence-electron chi connectivity index (χ1n) is 8.85. The van der Waals surface area contributed by atoms with Crippen LogP contribution < -0.4 is 10.9 Å². The second kappa shape index (κ2) is 7.91. The van der Waals surface area contributed by atoms with E-state index in [1.807, 2.05) is 37.4 Å². The third-order valence-corrected chi connectivity index (χ3v) is 4.64. The van der Waals surface area contributed by atoms with Crippen molar-refractivity contribution in [2.45, 2.75) is 12.6 Å². The van der Waals surface area contributed by atoms with E-state index in [0.717, 1.165) is 18.7 Å². The molecule has 1 fully saturated rings. The van der Waals surface area contributed by atoms with Gasteiger partial charge in [-0.05, 0) is 36.9 Å². The number of halogens is 1. The van der Waals surface area contributed by atoms with Gasteiger partial charge in [-0.2, -0.15) is 4.98 Å². The molecule has 8 heteroatoms. The Hall–Kier alpha value is -2.68. The van der Waals surface area contributed by atoms with E-state index in [1.165, 1.54) is 12.1 Å². The molecule has 0 bridgehead atoms. The molecule has 2 aromatic heterocycles. The molecule has 27 heavy (non-hydrogen) atoms. The van der Waals surface area contributed by atoms with E-state index in [1.54, 1.807) is 6.20 Å². The number of aromatic nitrogens is 3. The lowest BCUT2D eigenvalue weighted by atomic mass is 9.94. The summed E-state index contributed by atoms with van der Waals surface area (Å²) in [7, 11) is 2.02. The normalized spacial score (nSPS) is 19.7. The minimum Gasteiger partial charge on any atom is -0.337 e. The van der Waals surface area contributed by atoms with Crippen molar-refractivity contribution < 1.29 is 8.91 Å². The van der Waals surface area contributed by atoms with E-state index < -0.39 is 0 Å². The summed E-state index contributed by atoms with van der Waals surface area (Å²) in [6.45, 7) is 2.20. The third kappa shape index (κ3) is 4.19. The van der Waals surface area contributed by atoms with Crippen molar-refractivity contribution in [2.75, 3.05) is 20.1 Å². The second-order valence-corrected chi connectivity index (χ2v) is 6.74. The molecular formula is C19H21FN6O. The topological polar surface area (TPSA) is 79.1 Å². The Morgan fingerprint density at radius 3 is 2.85 bits per heavy atom. The van der Waals surface area contributed by atoms with Crippen molar-refractivity contribution in [3.05, 3.63) is 65.9 Å². The van der Waals surface area contributed by atoms with Gasteiger partial charge >= 0.3 is 0 Å². The fraction of sp³-hybridized carbons (Fsp3) is 0.316. The van der Waals surface area contributed by atoms with Gasteiger partial charge in [0.05, 0.1) is 12.6 Å². The van der Waals surface area contributed by atoms with Gasteiger partial charge in [0, 0.05) is 25.2 Å². The smallest absolute Gasteiger partial charge is 0.241 e. The first kappa shape index (κ1) is 17.7. The molecule has 0 radical (unpaired) electrons. The summed E-state index contributed by atoms with van der Waals surface area (Å²) < 4.78 is 18.5. The average Bonchev–Trinajstić information content (AvgIpc) is 3.33.